The predicted molar refractivity (Wildman–Crippen MR) is 103 cm³/mol. The normalized spacial score (nSPS) is 25.0. The van der Waals surface area contributed by atoms with E-state index in [0.717, 1.165) is 12.8 Å². The number of carbonyl (C=O) groups is 2. The van der Waals surface area contributed by atoms with E-state index in [1.807, 2.05) is 39.0 Å². The molecule has 1 aromatic carbocycles. The van der Waals surface area contributed by atoms with E-state index >= 15 is 0 Å². The van der Waals surface area contributed by atoms with Gasteiger partial charge in [-0.2, -0.15) is 0 Å². The minimum atomic E-state index is -0.535. The van der Waals surface area contributed by atoms with Gasteiger partial charge in [-0.1, -0.05) is 36.4 Å². The van der Waals surface area contributed by atoms with Crippen LogP contribution in [0.3, 0.4) is 0 Å². The number of nitrogens with zero attached hydrogens (tertiary/aromatic N) is 1. The number of hydrogen-bond donors (Lipinski definition) is 0. The third kappa shape index (κ3) is 4.35. The molecule has 2 aliphatic rings. The number of piperidine rings is 1. The van der Waals surface area contributed by atoms with Crippen LogP contribution >= 0.6 is 0 Å². The van der Waals surface area contributed by atoms with Gasteiger partial charge in [0, 0.05) is 12.5 Å². The van der Waals surface area contributed by atoms with E-state index in [0.29, 0.717) is 18.8 Å². The Hall–Kier alpha value is -2.10. The standard InChI is InChI=1S/C22H29NO3/c1-15(16-10-6-5-7-11-16)9-8-12-20(24)19-14-17-13-18(17)23(19)21(25)26-22(2,3)4/h5-7,9-11,17-19H,8,12-14H2,1-4H3/b15-9-/t17-,18-,19+/m1/s1. The van der Waals surface area contributed by atoms with E-state index in [2.05, 4.69) is 25.1 Å². The van der Waals surface area contributed by atoms with Crippen molar-refractivity contribution in [1.29, 1.82) is 0 Å². The van der Waals surface area contributed by atoms with Gasteiger partial charge in [0.2, 0.25) is 0 Å². The minimum absolute atomic E-state index is 0.153. The third-order valence-corrected chi connectivity index (χ3v) is 5.15. The van der Waals surface area contributed by atoms with Crippen LogP contribution in [0.15, 0.2) is 36.4 Å². The highest BCUT2D eigenvalue weighted by Gasteiger charge is 2.56. The first-order valence-electron chi connectivity index (χ1n) is 9.52. The molecule has 1 saturated carbocycles. The smallest absolute Gasteiger partial charge is 0.411 e. The molecule has 0 spiro atoms. The molecule has 3 rings (SSSR count). The predicted octanol–water partition coefficient (Wildman–Crippen LogP) is 4.84. The highest BCUT2D eigenvalue weighted by molar-refractivity contribution is 5.89. The molecule has 3 atom stereocenters. The number of Topliss-reactive ketones (excluding diaryl/α,β-unsaturated/α-hetero) is 1. The van der Waals surface area contributed by atoms with Crippen LogP contribution < -0.4 is 0 Å². The lowest BCUT2D eigenvalue weighted by Crippen LogP contribution is -2.45. The van der Waals surface area contributed by atoms with E-state index < -0.39 is 5.60 Å². The number of allylic oxidation sites excluding steroid dienone is 2. The van der Waals surface area contributed by atoms with Crippen molar-refractivity contribution in [3.05, 3.63) is 42.0 Å². The maximum Gasteiger partial charge on any atom is 0.411 e. The first-order chi connectivity index (χ1) is 12.3. The van der Waals surface area contributed by atoms with Crippen LogP contribution in [0, 0.1) is 5.92 Å². The molecule has 1 amide bonds. The topological polar surface area (TPSA) is 46.6 Å². The Balaban J connectivity index is 1.58. The summed E-state index contributed by atoms with van der Waals surface area (Å²) in [4.78, 5) is 27.0. The first-order valence-corrected chi connectivity index (χ1v) is 9.52. The molecule has 1 aliphatic carbocycles. The number of carbonyl (C=O) groups excluding carboxylic acids is 2. The molecule has 1 saturated heterocycles. The van der Waals surface area contributed by atoms with E-state index in [-0.39, 0.29) is 24.0 Å². The summed E-state index contributed by atoms with van der Waals surface area (Å²) in [5, 5.41) is 0. The quantitative estimate of drug-likeness (QED) is 0.759. The molecular formula is C22H29NO3. The number of rotatable bonds is 5. The Bertz CT molecular complexity index is 702. The molecule has 1 aliphatic heterocycles. The Kier molecular flexibility index (Phi) is 5.22. The number of amides is 1. The van der Waals surface area contributed by atoms with Crippen molar-refractivity contribution in [3.8, 4) is 0 Å². The summed E-state index contributed by atoms with van der Waals surface area (Å²) in [5.41, 5.74) is 1.82. The molecule has 140 valence electrons. The van der Waals surface area contributed by atoms with Gasteiger partial charge in [-0.15, -0.1) is 0 Å². The zero-order valence-electron chi connectivity index (χ0n) is 16.2. The number of fused-ring (bicyclic) bond motifs is 1. The van der Waals surface area contributed by atoms with Gasteiger partial charge in [0.25, 0.3) is 0 Å². The highest BCUT2D eigenvalue weighted by atomic mass is 16.6. The number of ketones is 1. The first kappa shape index (κ1) is 18.7. The fourth-order valence-electron chi connectivity index (χ4n) is 3.74. The highest BCUT2D eigenvalue weighted by Crippen LogP contribution is 2.48. The summed E-state index contributed by atoms with van der Waals surface area (Å²) in [6.07, 6.45) is 4.75. The summed E-state index contributed by atoms with van der Waals surface area (Å²) in [7, 11) is 0. The molecule has 0 unspecified atom stereocenters. The van der Waals surface area contributed by atoms with Crippen molar-refractivity contribution in [2.75, 3.05) is 0 Å². The van der Waals surface area contributed by atoms with Crippen molar-refractivity contribution in [2.45, 2.75) is 71.1 Å². The van der Waals surface area contributed by atoms with E-state index in [9.17, 15) is 9.59 Å². The van der Waals surface area contributed by atoms with Crippen molar-refractivity contribution in [1.82, 2.24) is 4.90 Å². The second kappa shape index (κ2) is 7.26. The van der Waals surface area contributed by atoms with E-state index in [4.69, 9.17) is 4.74 Å². The summed E-state index contributed by atoms with van der Waals surface area (Å²) in [6.45, 7) is 7.65. The summed E-state index contributed by atoms with van der Waals surface area (Å²) < 4.78 is 5.52. The van der Waals surface area contributed by atoms with Gasteiger partial charge in [0.05, 0.1) is 6.04 Å². The molecule has 0 aromatic heterocycles. The summed E-state index contributed by atoms with van der Waals surface area (Å²) in [6, 6.07) is 10.1. The molecule has 0 radical (unpaired) electrons. The van der Waals surface area contributed by atoms with Crippen LogP contribution in [-0.2, 0) is 9.53 Å². The van der Waals surface area contributed by atoms with Gasteiger partial charge in [0.15, 0.2) is 5.78 Å². The lowest BCUT2D eigenvalue weighted by Gasteiger charge is -2.29. The van der Waals surface area contributed by atoms with Gasteiger partial charge in [-0.05, 0) is 64.0 Å². The Morgan fingerprint density at radius 3 is 2.54 bits per heavy atom. The van der Waals surface area contributed by atoms with Crippen molar-refractivity contribution in [2.24, 2.45) is 5.92 Å². The van der Waals surface area contributed by atoms with Crippen LogP contribution in [0.5, 0.6) is 0 Å². The lowest BCUT2D eigenvalue weighted by molar-refractivity contribution is -0.123. The van der Waals surface area contributed by atoms with Crippen LogP contribution in [-0.4, -0.2) is 34.5 Å². The third-order valence-electron chi connectivity index (χ3n) is 5.15. The molecule has 0 bridgehead atoms. The summed E-state index contributed by atoms with van der Waals surface area (Å²) >= 11 is 0. The molecule has 1 aromatic rings. The van der Waals surface area contributed by atoms with Crippen molar-refractivity contribution < 1.29 is 14.3 Å². The van der Waals surface area contributed by atoms with Gasteiger partial charge in [-0.25, -0.2) is 4.79 Å². The van der Waals surface area contributed by atoms with E-state index in [1.54, 1.807) is 4.90 Å². The SMILES string of the molecule is C/C(=C/CCC(=O)[C@@H]1C[C@H]2C[C@H]2N1C(=O)OC(C)(C)C)c1ccccc1. The molecular weight excluding hydrogens is 326 g/mol. The average molecular weight is 355 g/mol. The van der Waals surface area contributed by atoms with Gasteiger partial charge >= 0.3 is 6.09 Å². The second-order valence-corrected chi connectivity index (χ2v) is 8.46. The number of ether oxygens (including phenoxy) is 1. The Morgan fingerprint density at radius 1 is 1.19 bits per heavy atom. The van der Waals surface area contributed by atoms with Crippen LogP contribution in [0.25, 0.3) is 5.57 Å². The molecule has 0 N–H and O–H groups in total. The van der Waals surface area contributed by atoms with Gasteiger partial charge in [0.1, 0.15) is 5.60 Å². The monoisotopic (exact) mass is 355 g/mol. The maximum atomic E-state index is 12.7. The van der Waals surface area contributed by atoms with Gasteiger partial charge < -0.3 is 4.74 Å². The van der Waals surface area contributed by atoms with Crippen LogP contribution in [0.1, 0.15) is 58.9 Å². The summed E-state index contributed by atoms with van der Waals surface area (Å²) in [5.74, 6) is 0.637. The number of hydrogen-bond acceptors (Lipinski definition) is 3. The molecule has 1 heterocycles. The molecule has 26 heavy (non-hydrogen) atoms. The zero-order chi connectivity index (χ0) is 18.9. The van der Waals surface area contributed by atoms with Crippen LogP contribution in [0.4, 0.5) is 4.79 Å². The van der Waals surface area contributed by atoms with Gasteiger partial charge in [-0.3, -0.25) is 9.69 Å². The second-order valence-electron chi connectivity index (χ2n) is 8.46. The minimum Gasteiger partial charge on any atom is -0.444 e. The van der Waals surface area contributed by atoms with E-state index in [1.165, 1.54) is 11.1 Å². The fraction of sp³-hybridized carbons (Fsp3) is 0.545. The molecule has 4 heteroatoms. The lowest BCUT2D eigenvalue weighted by atomic mass is 10.0. The van der Waals surface area contributed by atoms with Crippen LogP contribution in [0.2, 0.25) is 0 Å². The van der Waals surface area contributed by atoms with Crippen molar-refractivity contribution >= 4 is 17.4 Å². The number of likely N-dealkylation sites (tertiary alicyclic amines) is 1. The zero-order valence-corrected chi connectivity index (χ0v) is 16.2. The largest absolute Gasteiger partial charge is 0.444 e. The maximum absolute atomic E-state index is 12.7. The Labute approximate surface area is 156 Å². The van der Waals surface area contributed by atoms with Crippen molar-refractivity contribution in [3.63, 3.8) is 0 Å². The average Bonchev–Trinajstić information content (AvgIpc) is 3.23. The Morgan fingerprint density at radius 2 is 1.88 bits per heavy atom. The number of benzene rings is 1. The molecule has 4 nitrogen and oxygen atoms in total. The molecule has 2 fully saturated rings. The fourth-order valence-corrected chi connectivity index (χ4v) is 3.74.